The first kappa shape index (κ1) is 14.2. The Balaban J connectivity index is 1.69. The van der Waals surface area contributed by atoms with Crippen molar-refractivity contribution in [1.82, 2.24) is 29.5 Å². The third kappa shape index (κ3) is 2.18. The van der Waals surface area contributed by atoms with Crippen LogP contribution in [0.5, 0.6) is 0 Å². The van der Waals surface area contributed by atoms with Gasteiger partial charge in [-0.2, -0.15) is 10.2 Å². The van der Waals surface area contributed by atoms with E-state index in [2.05, 4.69) is 42.7 Å². The van der Waals surface area contributed by atoms with Gasteiger partial charge in [-0.15, -0.1) is 0 Å². The topological polar surface area (TPSA) is 64.7 Å². The Labute approximate surface area is 134 Å². The summed E-state index contributed by atoms with van der Waals surface area (Å²) in [5.41, 5.74) is 4.17. The van der Waals surface area contributed by atoms with Gasteiger partial charge < -0.3 is 4.90 Å². The summed E-state index contributed by atoms with van der Waals surface area (Å²) < 4.78 is 3.98. The molecule has 1 unspecified atom stereocenters. The zero-order chi connectivity index (χ0) is 16.1. The molecule has 1 saturated heterocycles. The molecule has 3 aromatic heterocycles. The predicted octanol–water partition coefficient (Wildman–Crippen LogP) is 1.94. The van der Waals surface area contributed by atoms with Crippen molar-refractivity contribution >= 4 is 16.9 Å². The molecule has 0 N–H and O–H groups in total. The number of fused-ring (bicyclic) bond motifs is 1. The molecule has 7 nitrogen and oxygen atoms in total. The largest absolute Gasteiger partial charge is 0.354 e. The highest BCUT2D eigenvalue weighted by Gasteiger charge is 2.28. The third-order valence-corrected chi connectivity index (χ3v) is 4.63. The van der Waals surface area contributed by atoms with Gasteiger partial charge in [0.25, 0.3) is 0 Å². The van der Waals surface area contributed by atoms with Gasteiger partial charge in [0.05, 0.1) is 22.8 Å². The normalized spacial score (nSPS) is 18.3. The van der Waals surface area contributed by atoms with E-state index in [1.165, 1.54) is 5.69 Å². The highest BCUT2D eigenvalue weighted by Crippen LogP contribution is 2.31. The van der Waals surface area contributed by atoms with E-state index in [9.17, 15) is 0 Å². The first-order valence-corrected chi connectivity index (χ1v) is 7.96. The molecule has 3 aromatic rings. The molecule has 0 aromatic carbocycles. The number of nitrogens with zero attached hydrogens (tertiary/aromatic N) is 7. The summed E-state index contributed by atoms with van der Waals surface area (Å²) in [6.45, 7) is 8.08. The van der Waals surface area contributed by atoms with E-state index in [0.717, 1.165) is 47.7 Å². The van der Waals surface area contributed by atoms with Gasteiger partial charge in [0.1, 0.15) is 12.1 Å². The van der Waals surface area contributed by atoms with Crippen molar-refractivity contribution in [3.8, 4) is 0 Å². The van der Waals surface area contributed by atoms with Gasteiger partial charge in [-0.3, -0.25) is 9.36 Å². The van der Waals surface area contributed by atoms with Crippen LogP contribution in [0.4, 0.5) is 5.82 Å². The molecule has 1 aliphatic heterocycles. The van der Waals surface area contributed by atoms with Crippen LogP contribution < -0.4 is 4.90 Å². The van der Waals surface area contributed by atoms with E-state index < -0.39 is 0 Å². The molecule has 0 bridgehead atoms. The van der Waals surface area contributed by atoms with Crippen molar-refractivity contribution < 1.29 is 0 Å². The SMILES string of the molecule is Cc1cc(C)n(C2CCN(c3ncnc4c3c(C)nn4C)C2)n1. The van der Waals surface area contributed by atoms with Crippen LogP contribution in [0, 0.1) is 20.8 Å². The molecule has 0 amide bonds. The first-order chi connectivity index (χ1) is 11.0. The lowest BCUT2D eigenvalue weighted by Crippen LogP contribution is -2.23. The molecule has 1 fully saturated rings. The molecular weight excluding hydrogens is 290 g/mol. The molecule has 0 aliphatic carbocycles. The molecule has 120 valence electrons. The fourth-order valence-corrected chi connectivity index (χ4v) is 3.65. The number of rotatable bonds is 2. The van der Waals surface area contributed by atoms with Crippen LogP contribution in [-0.4, -0.2) is 42.6 Å². The summed E-state index contributed by atoms with van der Waals surface area (Å²) in [5.74, 6) is 0.990. The summed E-state index contributed by atoms with van der Waals surface area (Å²) in [6, 6.07) is 2.53. The molecule has 7 heteroatoms. The average molecular weight is 311 g/mol. The molecule has 0 saturated carbocycles. The second-order valence-electron chi connectivity index (χ2n) is 6.37. The van der Waals surface area contributed by atoms with Crippen LogP contribution in [0.3, 0.4) is 0 Å². The summed E-state index contributed by atoms with van der Waals surface area (Å²) in [4.78, 5) is 11.3. The van der Waals surface area contributed by atoms with Crippen LogP contribution in [0.25, 0.3) is 11.0 Å². The predicted molar refractivity (Wildman–Crippen MR) is 88.6 cm³/mol. The Morgan fingerprint density at radius 2 is 1.96 bits per heavy atom. The minimum Gasteiger partial charge on any atom is -0.354 e. The average Bonchev–Trinajstić information content (AvgIpc) is 3.19. The maximum atomic E-state index is 4.65. The number of hydrogen-bond donors (Lipinski definition) is 0. The van der Waals surface area contributed by atoms with Crippen LogP contribution in [0.2, 0.25) is 0 Å². The van der Waals surface area contributed by atoms with Crippen molar-refractivity contribution in [3.63, 3.8) is 0 Å². The summed E-state index contributed by atoms with van der Waals surface area (Å²) >= 11 is 0. The number of aryl methyl sites for hydroxylation is 4. The summed E-state index contributed by atoms with van der Waals surface area (Å²) in [7, 11) is 1.93. The minimum absolute atomic E-state index is 0.394. The zero-order valence-corrected chi connectivity index (χ0v) is 14.0. The van der Waals surface area contributed by atoms with Gasteiger partial charge in [0.2, 0.25) is 0 Å². The van der Waals surface area contributed by atoms with Gasteiger partial charge in [0, 0.05) is 25.8 Å². The molecule has 4 rings (SSSR count). The van der Waals surface area contributed by atoms with E-state index in [1.54, 1.807) is 6.33 Å². The van der Waals surface area contributed by atoms with Gasteiger partial charge in [-0.05, 0) is 33.3 Å². The van der Waals surface area contributed by atoms with Crippen LogP contribution in [-0.2, 0) is 7.05 Å². The maximum absolute atomic E-state index is 4.65. The summed E-state index contributed by atoms with van der Waals surface area (Å²) in [5, 5.41) is 10.2. The molecule has 1 aliphatic rings. The standard InChI is InChI=1S/C16H21N7/c1-10-7-11(2)23(19-10)13-5-6-22(8-13)16-14-12(3)20-21(4)15(14)17-9-18-16/h7,9,13H,5-6,8H2,1-4H3. The molecule has 0 spiro atoms. The quantitative estimate of drug-likeness (QED) is 0.723. The lowest BCUT2D eigenvalue weighted by molar-refractivity contribution is 0.481. The Kier molecular flexibility index (Phi) is 3.11. The Hall–Kier alpha value is -2.44. The van der Waals surface area contributed by atoms with E-state index >= 15 is 0 Å². The lowest BCUT2D eigenvalue weighted by Gasteiger charge is -2.19. The third-order valence-electron chi connectivity index (χ3n) is 4.63. The Morgan fingerprint density at radius 3 is 2.70 bits per heavy atom. The minimum atomic E-state index is 0.394. The number of anilines is 1. The van der Waals surface area contributed by atoms with Gasteiger partial charge >= 0.3 is 0 Å². The lowest BCUT2D eigenvalue weighted by atomic mass is 10.2. The first-order valence-electron chi connectivity index (χ1n) is 7.96. The van der Waals surface area contributed by atoms with E-state index in [0.29, 0.717) is 6.04 Å². The number of hydrogen-bond acceptors (Lipinski definition) is 5. The van der Waals surface area contributed by atoms with Crippen LogP contribution >= 0.6 is 0 Å². The Bertz CT molecular complexity index is 876. The number of aromatic nitrogens is 6. The fraction of sp³-hybridized carbons (Fsp3) is 0.500. The zero-order valence-electron chi connectivity index (χ0n) is 14.0. The van der Waals surface area contributed by atoms with Crippen LogP contribution in [0.15, 0.2) is 12.4 Å². The van der Waals surface area contributed by atoms with E-state index in [-0.39, 0.29) is 0 Å². The molecule has 0 radical (unpaired) electrons. The van der Waals surface area contributed by atoms with E-state index in [1.807, 2.05) is 25.6 Å². The second kappa shape index (κ2) is 5.04. The highest BCUT2D eigenvalue weighted by molar-refractivity contribution is 5.89. The van der Waals surface area contributed by atoms with Crippen LogP contribution in [0.1, 0.15) is 29.5 Å². The van der Waals surface area contributed by atoms with Crippen molar-refractivity contribution in [3.05, 3.63) is 29.5 Å². The van der Waals surface area contributed by atoms with E-state index in [4.69, 9.17) is 0 Å². The van der Waals surface area contributed by atoms with Crippen molar-refractivity contribution in [2.24, 2.45) is 7.05 Å². The van der Waals surface area contributed by atoms with Gasteiger partial charge in [-0.1, -0.05) is 0 Å². The fourth-order valence-electron chi connectivity index (χ4n) is 3.65. The van der Waals surface area contributed by atoms with Crippen molar-refractivity contribution in [1.29, 1.82) is 0 Å². The van der Waals surface area contributed by atoms with Crippen molar-refractivity contribution in [2.45, 2.75) is 33.2 Å². The smallest absolute Gasteiger partial charge is 0.163 e. The van der Waals surface area contributed by atoms with Crippen molar-refractivity contribution in [2.75, 3.05) is 18.0 Å². The molecular formula is C16H21N7. The second-order valence-corrected chi connectivity index (χ2v) is 6.37. The summed E-state index contributed by atoms with van der Waals surface area (Å²) in [6.07, 6.45) is 2.71. The Morgan fingerprint density at radius 1 is 1.13 bits per heavy atom. The maximum Gasteiger partial charge on any atom is 0.163 e. The van der Waals surface area contributed by atoms with Gasteiger partial charge in [-0.25, -0.2) is 9.97 Å². The van der Waals surface area contributed by atoms with Gasteiger partial charge in [0.15, 0.2) is 5.65 Å². The molecule has 1 atom stereocenters. The monoisotopic (exact) mass is 311 g/mol. The highest BCUT2D eigenvalue weighted by atomic mass is 15.4. The molecule has 23 heavy (non-hydrogen) atoms. The molecule has 4 heterocycles.